The van der Waals surface area contributed by atoms with E-state index < -0.39 is 20.0 Å². The number of phosphoric acid groups is 1. The predicted octanol–water partition coefficient (Wildman–Crippen LogP) is 19.4. The Balaban J connectivity index is 5.19. The van der Waals surface area contributed by atoms with Crippen LogP contribution in [0.25, 0.3) is 0 Å². The Hall–Kier alpha value is -2.29. The van der Waals surface area contributed by atoms with E-state index in [4.69, 9.17) is 13.8 Å². The topological polar surface area (TPSA) is 111 Å². The monoisotopic (exact) mass is 1070 g/mol. The summed E-state index contributed by atoms with van der Waals surface area (Å²) < 4.78 is 30.7. The van der Waals surface area contributed by atoms with Crippen LogP contribution in [0.3, 0.4) is 0 Å². The van der Waals surface area contributed by atoms with E-state index in [1.54, 1.807) is 0 Å². The van der Waals surface area contributed by atoms with E-state index in [1.807, 2.05) is 33.3 Å². The Kier molecular flexibility index (Phi) is 53.4. The highest BCUT2D eigenvalue weighted by molar-refractivity contribution is 7.47. The third kappa shape index (κ3) is 56.2. The van der Waals surface area contributed by atoms with Crippen molar-refractivity contribution < 1.29 is 37.3 Å². The molecule has 1 amide bonds. The van der Waals surface area contributed by atoms with Crippen molar-refractivity contribution in [3.05, 3.63) is 60.8 Å². The van der Waals surface area contributed by atoms with Crippen LogP contribution in [-0.2, 0) is 27.9 Å². The predicted molar refractivity (Wildman–Crippen MR) is 323 cm³/mol. The number of ether oxygens (including phenoxy) is 1. The first kappa shape index (κ1) is 72.7. The molecular formula is C65H122N2O7P+. The number of nitrogens with zero attached hydrogens (tertiary/aromatic N) is 1. The number of hydrogen-bond donors (Lipinski definition) is 2. The lowest BCUT2D eigenvalue weighted by molar-refractivity contribution is -0.870. The lowest BCUT2D eigenvalue weighted by Gasteiger charge is -2.27. The third-order valence-electron chi connectivity index (χ3n) is 13.9. The van der Waals surface area contributed by atoms with Gasteiger partial charge >= 0.3 is 13.8 Å². The second-order valence-corrected chi connectivity index (χ2v) is 24.0. The van der Waals surface area contributed by atoms with Gasteiger partial charge in [0.25, 0.3) is 0 Å². The summed E-state index contributed by atoms with van der Waals surface area (Å²) in [6.07, 6.45) is 69.3. The van der Waals surface area contributed by atoms with Gasteiger partial charge < -0.3 is 19.4 Å². The van der Waals surface area contributed by atoms with Crippen LogP contribution in [-0.4, -0.2) is 74.3 Å². The number of allylic oxidation sites excluding steroid dienone is 9. The summed E-state index contributed by atoms with van der Waals surface area (Å²) >= 11 is 0. The van der Waals surface area contributed by atoms with E-state index in [9.17, 15) is 19.0 Å². The second-order valence-electron chi connectivity index (χ2n) is 22.6. The number of nitrogens with one attached hydrogen (secondary N) is 1. The highest BCUT2D eigenvalue weighted by Crippen LogP contribution is 2.43. The number of unbranched alkanes of at least 4 members (excludes halogenated alkanes) is 33. The quantitative estimate of drug-likeness (QED) is 0.0205. The first-order valence-electron chi connectivity index (χ1n) is 31.6. The van der Waals surface area contributed by atoms with Gasteiger partial charge in [-0.1, -0.05) is 242 Å². The molecule has 0 fully saturated rings. The number of phosphoric ester groups is 1. The van der Waals surface area contributed by atoms with Gasteiger partial charge in [-0.15, -0.1) is 0 Å². The molecule has 9 nitrogen and oxygen atoms in total. The molecule has 0 saturated heterocycles. The summed E-state index contributed by atoms with van der Waals surface area (Å²) in [5.74, 6) is -0.511. The van der Waals surface area contributed by atoms with E-state index >= 15 is 0 Å². The lowest BCUT2D eigenvalue weighted by atomic mass is 10.0. The Labute approximate surface area is 464 Å². The fourth-order valence-electron chi connectivity index (χ4n) is 9.00. The zero-order chi connectivity index (χ0) is 55.0. The van der Waals surface area contributed by atoms with Crippen LogP contribution >= 0.6 is 7.82 Å². The summed E-state index contributed by atoms with van der Waals surface area (Å²) in [5.41, 5.74) is 0. The molecule has 10 heteroatoms. The summed E-state index contributed by atoms with van der Waals surface area (Å²) in [5, 5.41) is 3.05. The van der Waals surface area contributed by atoms with Crippen molar-refractivity contribution in [3.63, 3.8) is 0 Å². The average molecular weight is 1070 g/mol. The zero-order valence-electron chi connectivity index (χ0n) is 50.0. The maximum Gasteiger partial charge on any atom is 0.472 e. The standard InChI is InChI=1S/C65H121N2O7P/c1-7-10-13-16-19-22-25-27-29-31-32-33-34-36-38-40-43-46-49-52-55-58-65(69)74-63(56-53-50-47-44-41-24-21-18-15-12-9-3)62(61-73-75(70,71)72-60-59-67(4,5)6)66-64(68)57-54-51-48-45-42-39-37-35-30-28-26-23-20-17-14-11-8-2/h19-20,22-23,27-30,53,56,62-63H,7-18,21,24-26,31-52,54-55,57-61H2,1-6H3,(H-,66,68,70,71)/p+1/b22-19-,23-20-,29-27-,30-28-,56-53+. The van der Waals surface area contributed by atoms with Gasteiger partial charge in [-0.2, -0.15) is 0 Å². The van der Waals surface area contributed by atoms with Gasteiger partial charge in [-0.05, 0) is 96.0 Å². The molecule has 438 valence electrons. The van der Waals surface area contributed by atoms with Crippen molar-refractivity contribution in [1.29, 1.82) is 0 Å². The highest BCUT2D eigenvalue weighted by atomic mass is 31.2. The number of carbonyl (C=O) groups excluding carboxylic acids is 2. The van der Waals surface area contributed by atoms with Crippen LogP contribution in [0.5, 0.6) is 0 Å². The third-order valence-corrected chi connectivity index (χ3v) is 14.9. The molecule has 3 atom stereocenters. The Morgan fingerprint density at radius 3 is 1.23 bits per heavy atom. The van der Waals surface area contributed by atoms with E-state index in [0.29, 0.717) is 17.4 Å². The van der Waals surface area contributed by atoms with E-state index in [1.165, 1.54) is 173 Å². The summed E-state index contributed by atoms with van der Waals surface area (Å²) in [6.45, 7) is 6.97. The average Bonchev–Trinajstić information content (AvgIpc) is 3.37. The van der Waals surface area contributed by atoms with Gasteiger partial charge in [-0.3, -0.25) is 18.6 Å². The summed E-state index contributed by atoms with van der Waals surface area (Å²) in [4.78, 5) is 37.7. The highest BCUT2D eigenvalue weighted by Gasteiger charge is 2.30. The van der Waals surface area contributed by atoms with Gasteiger partial charge in [0.05, 0.1) is 33.8 Å². The minimum atomic E-state index is -4.45. The van der Waals surface area contributed by atoms with Crippen molar-refractivity contribution in [2.45, 2.75) is 303 Å². The molecule has 75 heavy (non-hydrogen) atoms. The molecule has 0 aromatic rings. The van der Waals surface area contributed by atoms with Crippen molar-refractivity contribution in [2.24, 2.45) is 0 Å². The maximum absolute atomic E-state index is 13.5. The van der Waals surface area contributed by atoms with Gasteiger partial charge in [0.15, 0.2) is 0 Å². The van der Waals surface area contributed by atoms with E-state index in [-0.39, 0.29) is 31.5 Å². The molecule has 0 saturated carbocycles. The van der Waals surface area contributed by atoms with Crippen LogP contribution in [0, 0.1) is 0 Å². The molecule has 0 aliphatic carbocycles. The van der Waals surface area contributed by atoms with Crippen molar-refractivity contribution in [1.82, 2.24) is 5.32 Å². The van der Waals surface area contributed by atoms with E-state index in [0.717, 1.165) is 83.5 Å². The molecule has 2 N–H and O–H groups in total. The SMILES string of the molecule is CCCCC/C=C\C/C=C\CCCCCCCCCCCCCC(=O)OC(/C=C/CCCCCCCCCCC)C(COP(=O)(O)OCC[N+](C)(C)C)NC(=O)CCCCCCCCC/C=C\C/C=C\CCCCC. The first-order chi connectivity index (χ1) is 36.4. The number of likely N-dealkylation sites (N-methyl/N-ethyl adjacent to an activating group) is 1. The molecule has 0 rings (SSSR count). The van der Waals surface area contributed by atoms with Gasteiger partial charge in [0.1, 0.15) is 19.3 Å². The molecule has 0 aromatic carbocycles. The molecular weight excluding hydrogens is 952 g/mol. The number of rotatable bonds is 57. The van der Waals surface area contributed by atoms with Gasteiger partial charge in [-0.25, -0.2) is 4.57 Å². The fourth-order valence-corrected chi connectivity index (χ4v) is 9.74. The Bertz CT molecular complexity index is 1470. The summed E-state index contributed by atoms with van der Waals surface area (Å²) in [6, 6.07) is -0.853. The minimum Gasteiger partial charge on any atom is -0.456 e. The molecule has 3 unspecified atom stereocenters. The van der Waals surface area contributed by atoms with Crippen LogP contribution in [0.1, 0.15) is 290 Å². The Morgan fingerprint density at radius 2 is 0.813 bits per heavy atom. The second kappa shape index (κ2) is 55.0. The Morgan fingerprint density at radius 1 is 0.467 bits per heavy atom. The molecule has 0 aliphatic heterocycles. The maximum atomic E-state index is 13.5. The fraction of sp³-hybridized carbons (Fsp3) is 0.815. The van der Waals surface area contributed by atoms with E-state index in [2.05, 4.69) is 74.7 Å². The van der Waals surface area contributed by atoms with Crippen LogP contribution in [0.2, 0.25) is 0 Å². The van der Waals surface area contributed by atoms with Crippen LogP contribution in [0.4, 0.5) is 0 Å². The minimum absolute atomic E-state index is 0.0375. The van der Waals surface area contributed by atoms with Crippen molar-refractivity contribution in [3.8, 4) is 0 Å². The van der Waals surface area contributed by atoms with Crippen LogP contribution < -0.4 is 5.32 Å². The number of esters is 1. The number of amides is 1. The number of quaternary nitrogens is 1. The largest absolute Gasteiger partial charge is 0.472 e. The smallest absolute Gasteiger partial charge is 0.456 e. The molecule has 0 heterocycles. The van der Waals surface area contributed by atoms with Crippen molar-refractivity contribution in [2.75, 3.05) is 40.9 Å². The summed E-state index contributed by atoms with van der Waals surface area (Å²) in [7, 11) is 1.49. The van der Waals surface area contributed by atoms with Gasteiger partial charge in [0.2, 0.25) is 5.91 Å². The molecule has 0 bridgehead atoms. The molecule has 0 radical (unpaired) electrons. The number of carbonyl (C=O) groups is 2. The molecule has 0 aromatic heterocycles. The van der Waals surface area contributed by atoms with Crippen molar-refractivity contribution >= 4 is 19.7 Å². The lowest BCUT2D eigenvalue weighted by Crippen LogP contribution is -2.47. The van der Waals surface area contributed by atoms with Gasteiger partial charge in [0, 0.05) is 12.8 Å². The number of hydrogen-bond acceptors (Lipinski definition) is 6. The normalized spacial score (nSPS) is 14.1. The zero-order valence-corrected chi connectivity index (χ0v) is 50.9. The van der Waals surface area contributed by atoms with Crippen LogP contribution in [0.15, 0.2) is 60.8 Å². The first-order valence-corrected chi connectivity index (χ1v) is 33.1. The molecule has 0 spiro atoms. The molecule has 0 aliphatic rings.